The maximum atomic E-state index is 12.8. The van der Waals surface area contributed by atoms with Crippen LogP contribution in [0.15, 0.2) is 24.3 Å². The van der Waals surface area contributed by atoms with Gasteiger partial charge in [-0.15, -0.1) is 12.4 Å². The largest absolute Gasteiger partial charge is 0.339 e. The number of aromatic nitrogens is 2. The molecule has 2 aliphatic rings. The summed E-state index contributed by atoms with van der Waals surface area (Å²) in [6, 6.07) is 8.06. The van der Waals surface area contributed by atoms with Crippen molar-refractivity contribution in [2.75, 3.05) is 32.7 Å². The van der Waals surface area contributed by atoms with Crippen molar-refractivity contribution in [3.8, 4) is 0 Å². The number of hydrogen-bond acceptors (Lipinski definition) is 4. The molecule has 0 bridgehead atoms. The summed E-state index contributed by atoms with van der Waals surface area (Å²) in [5.74, 6) is 0.0779. The third-order valence-electron chi connectivity index (χ3n) is 5.40. The number of aryl methyl sites for hydroxylation is 1. The SMILES string of the molecule is Cc1ccc(CC(=O)N2CCN(C(=O)c3n[nH]c4c3CNCC4)CC2)cc1.Cl. The molecule has 150 valence electrons. The molecule has 1 saturated heterocycles. The summed E-state index contributed by atoms with van der Waals surface area (Å²) in [5, 5.41) is 10.5. The fraction of sp³-hybridized carbons (Fsp3) is 0.450. The number of rotatable bonds is 3. The van der Waals surface area contributed by atoms with E-state index in [0.29, 0.717) is 44.8 Å². The molecule has 2 N–H and O–H groups in total. The molecule has 0 unspecified atom stereocenters. The second-order valence-electron chi connectivity index (χ2n) is 7.29. The zero-order valence-electron chi connectivity index (χ0n) is 16.0. The Morgan fingerprint density at radius 1 is 1.07 bits per heavy atom. The van der Waals surface area contributed by atoms with Crippen LogP contribution in [0.3, 0.4) is 0 Å². The van der Waals surface area contributed by atoms with Crippen LogP contribution < -0.4 is 5.32 Å². The van der Waals surface area contributed by atoms with Gasteiger partial charge in [0.2, 0.25) is 5.91 Å². The number of amides is 2. The van der Waals surface area contributed by atoms with E-state index in [-0.39, 0.29) is 24.2 Å². The highest BCUT2D eigenvalue weighted by Gasteiger charge is 2.29. The van der Waals surface area contributed by atoms with Gasteiger partial charge in [-0.25, -0.2) is 0 Å². The van der Waals surface area contributed by atoms with E-state index in [4.69, 9.17) is 0 Å². The van der Waals surface area contributed by atoms with Crippen molar-refractivity contribution < 1.29 is 9.59 Å². The Labute approximate surface area is 170 Å². The van der Waals surface area contributed by atoms with Gasteiger partial charge in [-0.05, 0) is 12.5 Å². The molecule has 4 rings (SSSR count). The molecule has 0 atom stereocenters. The highest BCUT2D eigenvalue weighted by atomic mass is 35.5. The second kappa shape index (κ2) is 8.75. The lowest BCUT2D eigenvalue weighted by Gasteiger charge is -2.34. The van der Waals surface area contributed by atoms with E-state index in [1.807, 2.05) is 36.1 Å². The molecular weight excluding hydrogens is 378 g/mol. The van der Waals surface area contributed by atoms with Crippen molar-refractivity contribution in [3.05, 3.63) is 52.3 Å². The maximum Gasteiger partial charge on any atom is 0.274 e. The van der Waals surface area contributed by atoms with Crippen LogP contribution in [0.25, 0.3) is 0 Å². The Morgan fingerprint density at radius 3 is 2.46 bits per heavy atom. The second-order valence-corrected chi connectivity index (χ2v) is 7.29. The van der Waals surface area contributed by atoms with E-state index < -0.39 is 0 Å². The van der Waals surface area contributed by atoms with Gasteiger partial charge in [0, 0.05) is 56.9 Å². The molecule has 28 heavy (non-hydrogen) atoms. The van der Waals surface area contributed by atoms with Crippen molar-refractivity contribution in [2.24, 2.45) is 0 Å². The standard InChI is InChI=1S/C20H25N5O2.ClH/c1-14-2-4-15(5-3-14)12-18(26)24-8-10-25(11-9-24)20(27)19-16-13-21-7-6-17(16)22-23-19;/h2-5,21H,6-13H2,1H3,(H,22,23);1H. The van der Waals surface area contributed by atoms with Crippen LogP contribution in [-0.4, -0.2) is 64.5 Å². The third-order valence-corrected chi connectivity index (χ3v) is 5.40. The average Bonchev–Trinajstić information content (AvgIpc) is 3.13. The summed E-state index contributed by atoms with van der Waals surface area (Å²) in [6.07, 6.45) is 1.28. The number of benzene rings is 1. The lowest BCUT2D eigenvalue weighted by atomic mass is 10.1. The number of fused-ring (bicyclic) bond motifs is 1. The average molecular weight is 404 g/mol. The predicted octanol–water partition coefficient (Wildman–Crippen LogP) is 1.31. The van der Waals surface area contributed by atoms with Crippen molar-refractivity contribution >= 4 is 24.2 Å². The normalized spacial score (nSPS) is 16.3. The molecule has 1 fully saturated rings. The highest BCUT2D eigenvalue weighted by Crippen LogP contribution is 2.18. The molecule has 3 heterocycles. The minimum absolute atomic E-state index is 0. The predicted molar refractivity (Wildman–Crippen MR) is 109 cm³/mol. The lowest BCUT2D eigenvalue weighted by Crippen LogP contribution is -2.51. The molecular formula is C20H26ClN5O2. The Balaban J connectivity index is 0.00000225. The van der Waals surface area contributed by atoms with Gasteiger partial charge >= 0.3 is 0 Å². The van der Waals surface area contributed by atoms with Gasteiger partial charge < -0.3 is 15.1 Å². The molecule has 0 radical (unpaired) electrons. The molecule has 2 aromatic rings. The van der Waals surface area contributed by atoms with Crippen LogP contribution >= 0.6 is 12.4 Å². The number of H-pyrrole nitrogens is 1. The van der Waals surface area contributed by atoms with Crippen LogP contribution in [0, 0.1) is 6.92 Å². The van der Waals surface area contributed by atoms with Gasteiger partial charge in [-0.3, -0.25) is 14.7 Å². The zero-order valence-corrected chi connectivity index (χ0v) is 16.8. The quantitative estimate of drug-likeness (QED) is 0.809. The molecule has 0 saturated carbocycles. The van der Waals surface area contributed by atoms with Crippen LogP contribution in [0.4, 0.5) is 0 Å². The van der Waals surface area contributed by atoms with E-state index in [1.54, 1.807) is 4.90 Å². The van der Waals surface area contributed by atoms with Gasteiger partial charge in [0.25, 0.3) is 5.91 Å². The fourth-order valence-electron chi connectivity index (χ4n) is 3.70. The Kier molecular flexibility index (Phi) is 6.36. The number of aromatic amines is 1. The van der Waals surface area contributed by atoms with E-state index in [2.05, 4.69) is 15.5 Å². The van der Waals surface area contributed by atoms with Gasteiger partial charge in [-0.2, -0.15) is 5.10 Å². The van der Waals surface area contributed by atoms with Crippen LogP contribution in [0.2, 0.25) is 0 Å². The Hall–Kier alpha value is -2.38. The first-order chi connectivity index (χ1) is 13.1. The summed E-state index contributed by atoms with van der Waals surface area (Å²) in [5.41, 5.74) is 4.79. The molecule has 0 spiro atoms. The smallest absolute Gasteiger partial charge is 0.274 e. The first kappa shape index (κ1) is 20.4. The monoisotopic (exact) mass is 403 g/mol. The maximum absolute atomic E-state index is 12.8. The summed E-state index contributed by atoms with van der Waals surface area (Å²) < 4.78 is 0. The number of carbonyl (C=O) groups excluding carboxylic acids is 2. The first-order valence-electron chi connectivity index (χ1n) is 9.51. The summed E-state index contributed by atoms with van der Waals surface area (Å²) >= 11 is 0. The van der Waals surface area contributed by atoms with Gasteiger partial charge in [0.15, 0.2) is 5.69 Å². The molecule has 2 aliphatic heterocycles. The van der Waals surface area contributed by atoms with Crippen molar-refractivity contribution in [1.29, 1.82) is 0 Å². The van der Waals surface area contributed by atoms with Gasteiger partial charge in [-0.1, -0.05) is 29.8 Å². The highest BCUT2D eigenvalue weighted by molar-refractivity contribution is 5.94. The number of halogens is 1. The molecule has 1 aromatic heterocycles. The number of piperazine rings is 1. The zero-order chi connectivity index (χ0) is 18.8. The molecule has 2 amide bonds. The van der Waals surface area contributed by atoms with E-state index in [0.717, 1.165) is 29.8 Å². The minimum Gasteiger partial charge on any atom is -0.339 e. The van der Waals surface area contributed by atoms with Crippen LogP contribution in [0.1, 0.15) is 32.9 Å². The molecule has 0 aliphatic carbocycles. The van der Waals surface area contributed by atoms with Crippen LogP contribution in [-0.2, 0) is 24.2 Å². The number of nitrogens with zero attached hydrogens (tertiary/aromatic N) is 3. The minimum atomic E-state index is -0.0400. The summed E-state index contributed by atoms with van der Waals surface area (Å²) in [7, 11) is 0. The number of carbonyl (C=O) groups is 2. The first-order valence-corrected chi connectivity index (χ1v) is 9.51. The van der Waals surface area contributed by atoms with Crippen molar-refractivity contribution in [1.82, 2.24) is 25.3 Å². The summed E-state index contributed by atoms with van der Waals surface area (Å²) in [6.45, 7) is 5.87. The number of hydrogen-bond donors (Lipinski definition) is 2. The third kappa shape index (κ3) is 4.20. The van der Waals surface area contributed by atoms with Crippen LogP contribution in [0.5, 0.6) is 0 Å². The van der Waals surface area contributed by atoms with Gasteiger partial charge in [0.05, 0.1) is 6.42 Å². The topological polar surface area (TPSA) is 81.3 Å². The number of nitrogens with one attached hydrogen (secondary N) is 2. The molecule has 8 heteroatoms. The molecule has 1 aromatic carbocycles. The van der Waals surface area contributed by atoms with E-state index in [9.17, 15) is 9.59 Å². The molecule has 7 nitrogen and oxygen atoms in total. The van der Waals surface area contributed by atoms with Crippen molar-refractivity contribution in [2.45, 2.75) is 26.3 Å². The van der Waals surface area contributed by atoms with Crippen molar-refractivity contribution in [3.63, 3.8) is 0 Å². The fourth-order valence-corrected chi connectivity index (χ4v) is 3.70. The summed E-state index contributed by atoms with van der Waals surface area (Å²) in [4.78, 5) is 29.0. The van der Waals surface area contributed by atoms with E-state index >= 15 is 0 Å². The van der Waals surface area contributed by atoms with Gasteiger partial charge in [0.1, 0.15) is 0 Å². The lowest BCUT2D eigenvalue weighted by molar-refractivity contribution is -0.131. The van der Waals surface area contributed by atoms with E-state index in [1.165, 1.54) is 5.56 Å². The Bertz CT molecular complexity index is 841. The Morgan fingerprint density at radius 2 is 1.75 bits per heavy atom.